The summed E-state index contributed by atoms with van der Waals surface area (Å²) in [5.41, 5.74) is 3.17. The van der Waals surface area contributed by atoms with Crippen molar-refractivity contribution < 1.29 is 0 Å². The molecule has 1 aromatic carbocycles. The van der Waals surface area contributed by atoms with Gasteiger partial charge in [0.25, 0.3) is 0 Å². The molecule has 5 nitrogen and oxygen atoms in total. The van der Waals surface area contributed by atoms with Gasteiger partial charge in [-0.2, -0.15) is 4.79 Å². The molecule has 0 spiro atoms. The predicted octanol–water partition coefficient (Wildman–Crippen LogP) is 0.513. The molecule has 70 valence electrons. The summed E-state index contributed by atoms with van der Waals surface area (Å²) in [6.45, 7) is 0. The van der Waals surface area contributed by atoms with E-state index >= 15 is 0 Å². The minimum Gasteiger partial charge on any atom is -0.288 e. The number of nitrogens with one attached hydrogen (secondary N) is 1. The zero-order valence-electron chi connectivity index (χ0n) is 7.29. The maximum absolute atomic E-state index is 11.4. The van der Waals surface area contributed by atoms with Crippen LogP contribution in [0.2, 0.25) is 0 Å². The lowest BCUT2D eigenvalue weighted by Gasteiger charge is -2.00. The van der Waals surface area contributed by atoms with Gasteiger partial charge in [0, 0.05) is 0 Å². The fraction of sp³-hybridized carbons (Fsp3) is 0. The first-order chi connectivity index (χ1) is 6.86. The maximum atomic E-state index is 11.4. The van der Waals surface area contributed by atoms with E-state index in [2.05, 4.69) is 15.5 Å². The van der Waals surface area contributed by atoms with E-state index in [0.717, 1.165) is 0 Å². The van der Waals surface area contributed by atoms with Crippen LogP contribution in [0.25, 0.3) is 0 Å². The number of nitrogens with zero attached hydrogens (tertiary/aromatic N) is 3. The monoisotopic (exact) mass is 188 g/mol. The summed E-state index contributed by atoms with van der Waals surface area (Å²) in [5.74, 6) is 0. The van der Waals surface area contributed by atoms with Crippen molar-refractivity contribution in [3.8, 4) is 0 Å². The van der Waals surface area contributed by atoms with Gasteiger partial charge in [0.05, 0.1) is 0 Å². The molecule has 0 aliphatic heterocycles. The molecule has 0 fully saturated rings. The third-order valence-electron chi connectivity index (χ3n) is 1.65. The molecule has 5 heteroatoms. The van der Waals surface area contributed by atoms with Crippen molar-refractivity contribution >= 4 is 5.69 Å². The molecule has 1 aromatic heterocycles. The van der Waals surface area contributed by atoms with Crippen LogP contribution in [0.1, 0.15) is 0 Å². The summed E-state index contributed by atoms with van der Waals surface area (Å²) in [7, 11) is 0. The van der Waals surface area contributed by atoms with Crippen LogP contribution in [0, 0.1) is 0 Å². The molecule has 1 heterocycles. The molecular formula is C9H8N4O. The Kier molecular flexibility index (Phi) is 2.22. The standard InChI is InChI=1S/C9H8N4O/c14-9-5-3-1-2-4-8(9)12-13-7-10-6-11-13/h1-7H,(H,12,14). The minimum atomic E-state index is -0.0921. The smallest absolute Gasteiger partial charge is 0.203 e. The van der Waals surface area contributed by atoms with Crippen LogP contribution >= 0.6 is 0 Å². The van der Waals surface area contributed by atoms with Crippen LogP contribution in [0.4, 0.5) is 5.69 Å². The molecule has 0 saturated carbocycles. The van der Waals surface area contributed by atoms with Gasteiger partial charge in [-0.15, -0.1) is 5.10 Å². The lowest BCUT2D eigenvalue weighted by molar-refractivity contribution is 0.800. The van der Waals surface area contributed by atoms with Gasteiger partial charge < -0.3 is 0 Å². The SMILES string of the molecule is O=c1cccccc1Nn1cncn1. The first kappa shape index (κ1) is 8.43. The molecule has 0 atom stereocenters. The van der Waals surface area contributed by atoms with Gasteiger partial charge in [-0.1, -0.05) is 18.2 Å². The van der Waals surface area contributed by atoms with E-state index in [0.29, 0.717) is 5.69 Å². The first-order valence-corrected chi connectivity index (χ1v) is 4.07. The Bertz CT molecular complexity index is 466. The third kappa shape index (κ3) is 1.77. The maximum Gasteiger partial charge on any atom is 0.203 e. The number of anilines is 1. The van der Waals surface area contributed by atoms with Crippen molar-refractivity contribution in [2.45, 2.75) is 0 Å². The number of hydrogen-bond donors (Lipinski definition) is 1. The fourth-order valence-electron chi connectivity index (χ4n) is 1.01. The average Bonchev–Trinajstić information content (AvgIpc) is 2.60. The molecule has 2 aromatic rings. The zero-order valence-corrected chi connectivity index (χ0v) is 7.29. The highest BCUT2D eigenvalue weighted by Crippen LogP contribution is 1.96. The Hall–Kier alpha value is -2.17. The van der Waals surface area contributed by atoms with Crippen LogP contribution in [0.15, 0.2) is 47.8 Å². The molecule has 0 aliphatic rings. The van der Waals surface area contributed by atoms with Crippen LogP contribution in [-0.4, -0.2) is 14.9 Å². The van der Waals surface area contributed by atoms with Gasteiger partial charge >= 0.3 is 0 Å². The zero-order chi connectivity index (χ0) is 9.80. The predicted molar refractivity (Wildman–Crippen MR) is 51.8 cm³/mol. The second-order valence-electron chi connectivity index (χ2n) is 2.64. The fourth-order valence-corrected chi connectivity index (χ4v) is 1.01. The van der Waals surface area contributed by atoms with Gasteiger partial charge in [-0.05, 0) is 12.1 Å². The van der Waals surface area contributed by atoms with Crippen LogP contribution in [0.3, 0.4) is 0 Å². The first-order valence-electron chi connectivity index (χ1n) is 4.07. The Balaban J connectivity index is 2.35. The summed E-state index contributed by atoms with van der Waals surface area (Å²) < 4.78 is 0. The van der Waals surface area contributed by atoms with Crippen LogP contribution in [-0.2, 0) is 0 Å². The van der Waals surface area contributed by atoms with Crippen molar-refractivity contribution in [1.29, 1.82) is 0 Å². The number of aromatic nitrogens is 3. The summed E-state index contributed by atoms with van der Waals surface area (Å²) in [5, 5.41) is 3.83. The van der Waals surface area contributed by atoms with Crippen molar-refractivity contribution in [3.05, 3.63) is 53.2 Å². The van der Waals surface area contributed by atoms with Gasteiger partial charge in [0.15, 0.2) is 0 Å². The average molecular weight is 188 g/mol. The Labute approximate surface area is 80.0 Å². The topological polar surface area (TPSA) is 59.8 Å². The molecule has 0 radical (unpaired) electrons. The Morgan fingerprint density at radius 3 is 2.86 bits per heavy atom. The molecule has 0 amide bonds. The molecule has 0 bridgehead atoms. The van der Waals surface area contributed by atoms with Crippen molar-refractivity contribution in [2.24, 2.45) is 0 Å². The second-order valence-corrected chi connectivity index (χ2v) is 2.64. The van der Waals surface area contributed by atoms with Gasteiger partial charge in [0.1, 0.15) is 18.3 Å². The summed E-state index contributed by atoms with van der Waals surface area (Å²) in [6.07, 6.45) is 2.87. The van der Waals surface area contributed by atoms with E-state index in [1.807, 2.05) is 0 Å². The number of rotatable bonds is 2. The normalized spacial score (nSPS) is 9.71. The second kappa shape index (κ2) is 3.69. The quantitative estimate of drug-likeness (QED) is 0.746. The third-order valence-corrected chi connectivity index (χ3v) is 1.65. The highest BCUT2D eigenvalue weighted by atomic mass is 16.1. The molecule has 1 N–H and O–H groups in total. The highest BCUT2D eigenvalue weighted by Gasteiger charge is 1.95. The van der Waals surface area contributed by atoms with Crippen LogP contribution < -0.4 is 10.9 Å². The van der Waals surface area contributed by atoms with Gasteiger partial charge in [0.2, 0.25) is 5.43 Å². The van der Waals surface area contributed by atoms with Crippen molar-refractivity contribution in [2.75, 3.05) is 5.43 Å². The largest absolute Gasteiger partial charge is 0.288 e. The molecule has 0 aliphatic carbocycles. The molecule has 0 saturated heterocycles. The minimum absolute atomic E-state index is 0.0921. The van der Waals surface area contributed by atoms with E-state index < -0.39 is 0 Å². The number of hydrogen-bond acceptors (Lipinski definition) is 4. The summed E-state index contributed by atoms with van der Waals surface area (Å²) in [6, 6.07) is 8.42. The van der Waals surface area contributed by atoms with Crippen molar-refractivity contribution in [1.82, 2.24) is 14.9 Å². The molecule has 2 rings (SSSR count). The van der Waals surface area contributed by atoms with Crippen molar-refractivity contribution in [3.63, 3.8) is 0 Å². The van der Waals surface area contributed by atoms with E-state index in [9.17, 15) is 4.79 Å². The molecular weight excluding hydrogens is 180 g/mol. The summed E-state index contributed by atoms with van der Waals surface area (Å²) in [4.78, 5) is 16.5. The summed E-state index contributed by atoms with van der Waals surface area (Å²) >= 11 is 0. The Morgan fingerprint density at radius 2 is 2.07 bits per heavy atom. The lowest BCUT2D eigenvalue weighted by atomic mass is 10.4. The van der Waals surface area contributed by atoms with E-state index in [1.54, 1.807) is 24.3 Å². The van der Waals surface area contributed by atoms with E-state index in [4.69, 9.17) is 0 Å². The van der Waals surface area contributed by atoms with Gasteiger partial charge in [-0.25, -0.2) is 4.98 Å². The molecule has 0 unspecified atom stereocenters. The molecule has 14 heavy (non-hydrogen) atoms. The van der Waals surface area contributed by atoms with Crippen LogP contribution in [0.5, 0.6) is 0 Å². The highest BCUT2D eigenvalue weighted by molar-refractivity contribution is 5.40. The Morgan fingerprint density at radius 1 is 1.21 bits per heavy atom. The van der Waals surface area contributed by atoms with Gasteiger partial charge in [-0.3, -0.25) is 10.2 Å². The van der Waals surface area contributed by atoms with E-state index in [1.165, 1.54) is 23.5 Å². The van der Waals surface area contributed by atoms with E-state index in [-0.39, 0.29) is 5.43 Å². The lowest BCUT2D eigenvalue weighted by Crippen LogP contribution is -2.14.